The Kier molecular flexibility index (Phi) is 8.73. The second-order valence-corrected chi connectivity index (χ2v) is 9.55. The average molecular weight is 528 g/mol. The van der Waals surface area contributed by atoms with Crippen LogP contribution in [-0.4, -0.2) is 28.6 Å². The molecule has 4 rings (SSSR count). The molecule has 0 unspecified atom stereocenters. The highest BCUT2D eigenvalue weighted by Crippen LogP contribution is 2.31. The van der Waals surface area contributed by atoms with Crippen LogP contribution in [0.4, 0.5) is 21.9 Å². The number of aliphatic carboxylic acids is 1. The van der Waals surface area contributed by atoms with Gasteiger partial charge in [0.2, 0.25) is 0 Å². The molecule has 0 radical (unpaired) electrons. The molecule has 0 atom stereocenters. The van der Waals surface area contributed by atoms with Crippen LogP contribution in [-0.2, 0) is 17.6 Å². The molecule has 0 bridgehead atoms. The smallest absolute Gasteiger partial charge is 0.326 e. The Morgan fingerprint density at radius 2 is 1.55 bits per heavy atom. The zero-order valence-corrected chi connectivity index (χ0v) is 21.1. The molecule has 4 aromatic rings. The molecule has 0 saturated heterocycles. The van der Waals surface area contributed by atoms with Crippen molar-refractivity contribution in [3.8, 4) is 0 Å². The molecule has 0 fully saturated rings. The third kappa shape index (κ3) is 7.21. The molecule has 0 saturated carbocycles. The predicted molar refractivity (Wildman–Crippen MR) is 148 cm³/mol. The predicted octanol–water partition coefficient (Wildman–Crippen LogP) is 6.65. The normalized spacial score (nSPS) is 10.5. The van der Waals surface area contributed by atoms with Gasteiger partial charge < -0.3 is 10.4 Å². The van der Waals surface area contributed by atoms with E-state index in [0.717, 1.165) is 20.9 Å². The number of hydrogen-bond donors (Lipinski definition) is 2. The van der Waals surface area contributed by atoms with E-state index in [1.807, 2.05) is 66.7 Å². The number of benzene rings is 4. The molecule has 0 heterocycles. The first-order chi connectivity index (χ1) is 18.4. The summed E-state index contributed by atoms with van der Waals surface area (Å²) < 4.78 is 0. The molecule has 8 nitrogen and oxygen atoms in total. The summed E-state index contributed by atoms with van der Waals surface area (Å²) in [5.41, 5.74) is 2.36. The SMILES string of the molecule is O=C(O)Cc1ccc(Sc2cccc(N(CCc3ccccc3)C(=O)Nc3ccccc3[N+](=O)[O-])c2)cc1. The van der Waals surface area contributed by atoms with Crippen LogP contribution >= 0.6 is 11.8 Å². The number of hydrogen-bond acceptors (Lipinski definition) is 5. The highest BCUT2D eigenvalue weighted by atomic mass is 32.2. The van der Waals surface area contributed by atoms with E-state index in [4.69, 9.17) is 5.11 Å². The summed E-state index contributed by atoms with van der Waals surface area (Å²) >= 11 is 1.49. The molecule has 0 spiro atoms. The molecule has 38 heavy (non-hydrogen) atoms. The van der Waals surface area contributed by atoms with Crippen molar-refractivity contribution in [2.24, 2.45) is 0 Å². The number of carboxylic acid groups (broad SMARTS) is 1. The van der Waals surface area contributed by atoms with E-state index in [0.29, 0.717) is 18.7 Å². The van der Waals surface area contributed by atoms with E-state index in [-0.39, 0.29) is 17.8 Å². The van der Waals surface area contributed by atoms with Crippen LogP contribution in [0.25, 0.3) is 0 Å². The third-order valence-corrected chi connectivity index (χ3v) is 6.70. The minimum atomic E-state index is -0.882. The standard InChI is InChI=1S/C29H25N3O5S/c33-28(34)19-22-13-15-24(16-14-22)38-25-10-6-9-23(20-25)31(18-17-21-7-2-1-3-8-21)29(35)30-26-11-4-5-12-27(26)32(36)37/h1-16,20H,17-19H2,(H,30,35)(H,33,34). The largest absolute Gasteiger partial charge is 0.481 e. The average Bonchev–Trinajstić information content (AvgIpc) is 2.91. The minimum absolute atomic E-state index is 0.0362. The molecule has 2 amide bonds. The summed E-state index contributed by atoms with van der Waals surface area (Å²) in [7, 11) is 0. The number of nitro groups is 1. The van der Waals surface area contributed by atoms with Gasteiger partial charge in [-0.15, -0.1) is 0 Å². The molecular weight excluding hydrogens is 502 g/mol. The Bertz CT molecular complexity index is 1430. The molecule has 2 N–H and O–H groups in total. The second-order valence-electron chi connectivity index (χ2n) is 8.41. The first-order valence-electron chi connectivity index (χ1n) is 11.8. The Balaban J connectivity index is 1.57. The first-order valence-corrected chi connectivity index (χ1v) is 12.7. The van der Waals surface area contributed by atoms with E-state index < -0.39 is 16.9 Å². The lowest BCUT2D eigenvalue weighted by atomic mass is 10.1. The van der Waals surface area contributed by atoms with E-state index in [9.17, 15) is 19.7 Å². The number of carbonyl (C=O) groups excluding carboxylic acids is 1. The minimum Gasteiger partial charge on any atom is -0.481 e. The summed E-state index contributed by atoms with van der Waals surface area (Å²) in [6.45, 7) is 0.356. The van der Waals surface area contributed by atoms with Gasteiger partial charge >= 0.3 is 12.0 Å². The van der Waals surface area contributed by atoms with E-state index in [2.05, 4.69) is 5.32 Å². The number of para-hydroxylation sites is 2. The van der Waals surface area contributed by atoms with Gasteiger partial charge in [-0.3, -0.25) is 19.8 Å². The number of nitro benzene ring substituents is 1. The van der Waals surface area contributed by atoms with Gasteiger partial charge in [0.1, 0.15) is 5.69 Å². The number of nitrogens with one attached hydrogen (secondary N) is 1. The molecule has 0 aliphatic carbocycles. The summed E-state index contributed by atoms with van der Waals surface area (Å²) in [6.07, 6.45) is 0.555. The fourth-order valence-corrected chi connectivity index (χ4v) is 4.73. The Hall–Kier alpha value is -4.63. The lowest BCUT2D eigenvalue weighted by Crippen LogP contribution is -2.36. The van der Waals surface area contributed by atoms with Crippen molar-refractivity contribution in [2.75, 3.05) is 16.8 Å². The van der Waals surface area contributed by atoms with Crippen LogP contribution in [0, 0.1) is 10.1 Å². The van der Waals surface area contributed by atoms with Gasteiger partial charge in [0, 0.05) is 28.1 Å². The molecule has 0 aliphatic rings. The zero-order valence-electron chi connectivity index (χ0n) is 20.3. The van der Waals surface area contributed by atoms with E-state index in [1.165, 1.54) is 23.9 Å². The van der Waals surface area contributed by atoms with Crippen molar-refractivity contribution in [1.82, 2.24) is 0 Å². The maximum atomic E-state index is 13.4. The molecule has 0 aromatic heterocycles. The third-order valence-electron chi connectivity index (χ3n) is 5.70. The second kappa shape index (κ2) is 12.6. The van der Waals surface area contributed by atoms with Gasteiger partial charge in [-0.05, 0) is 53.9 Å². The van der Waals surface area contributed by atoms with Crippen molar-refractivity contribution >= 4 is 40.8 Å². The summed E-state index contributed by atoms with van der Waals surface area (Å²) in [5.74, 6) is -0.882. The van der Waals surface area contributed by atoms with Crippen LogP contribution in [0.1, 0.15) is 11.1 Å². The fourth-order valence-electron chi connectivity index (χ4n) is 3.86. The van der Waals surface area contributed by atoms with E-state index >= 15 is 0 Å². The van der Waals surface area contributed by atoms with Gasteiger partial charge in [0.25, 0.3) is 5.69 Å². The quantitative estimate of drug-likeness (QED) is 0.176. The van der Waals surface area contributed by atoms with Crippen molar-refractivity contribution in [3.05, 3.63) is 124 Å². The number of carbonyl (C=O) groups is 2. The number of anilines is 2. The lowest BCUT2D eigenvalue weighted by molar-refractivity contribution is -0.383. The van der Waals surface area contributed by atoms with Gasteiger partial charge in [-0.2, -0.15) is 0 Å². The van der Waals surface area contributed by atoms with Crippen LogP contribution in [0.15, 0.2) is 113 Å². The fraction of sp³-hybridized carbons (Fsp3) is 0.103. The number of urea groups is 1. The van der Waals surface area contributed by atoms with Gasteiger partial charge in [-0.1, -0.05) is 72.4 Å². The maximum absolute atomic E-state index is 13.4. The number of nitrogens with zero attached hydrogens (tertiary/aromatic N) is 2. The molecule has 4 aromatic carbocycles. The highest BCUT2D eigenvalue weighted by molar-refractivity contribution is 7.99. The van der Waals surface area contributed by atoms with Crippen molar-refractivity contribution in [3.63, 3.8) is 0 Å². The highest BCUT2D eigenvalue weighted by Gasteiger charge is 2.21. The van der Waals surface area contributed by atoms with Crippen molar-refractivity contribution < 1.29 is 19.6 Å². The topological polar surface area (TPSA) is 113 Å². The number of carboxylic acids is 1. The van der Waals surface area contributed by atoms with Gasteiger partial charge in [-0.25, -0.2) is 4.79 Å². The van der Waals surface area contributed by atoms with E-state index in [1.54, 1.807) is 29.2 Å². The maximum Gasteiger partial charge on any atom is 0.326 e. The number of rotatable bonds is 10. The summed E-state index contributed by atoms with van der Waals surface area (Å²) in [5, 5.41) is 23.1. The Morgan fingerprint density at radius 3 is 2.26 bits per heavy atom. The summed E-state index contributed by atoms with van der Waals surface area (Å²) in [6, 6.07) is 30.1. The zero-order chi connectivity index (χ0) is 26.9. The van der Waals surface area contributed by atoms with Crippen molar-refractivity contribution in [2.45, 2.75) is 22.6 Å². The first kappa shape index (κ1) is 26.4. The lowest BCUT2D eigenvalue weighted by Gasteiger charge is -2.24. The molecule has 192 valence electrons. The molecule has 0 aliphatic heterocycles. The molecule has 9 heteroatoms. The van der Waals surface area contributed by atoms with Crippen molar-refractivity contribution in [1.29, 1.82) is 0 Å². The van der Waals surface area contributed by atoms with Crippen LogP contribution in [0.2, 0.25) is 0 Å². The molecular formula is C29H25N3O5S. The monoisotopic (exact) mass is 527 g/mol. The van der Waals surface area contributed by atoms with Crippen LogP contribution in [0.5, 0.6) is 0 Å². The Morgan fingerprint density at radius 1 is 0.842 bits per heavy atom. The Labute approximate surface area is 224 Å². The number of amides is 2. The summed E-state index contributed by atoms with van der Waals surface area (Å²) in [4.78, 5) is 38.7. The van der Waals surface area contributed by atoms with Crippen LogP contribution in [0.3, 0.4) is 0 Å². The van der Waals surface area contributed by atoms with Crippen LogP contribution < -0.4 is 10.2 Å². The van der Waals surface area contributed by atoms with Gasteiger partial charge in [0.05, 0.1) is 11.3 Å². The van der Waals surface area contributed by atoms with Gasteiger partial charge in [0.15, 0.2) is 0 Å².